The van der Waals surface area contributed by atoms with Crippen LogP contribution >= 0.6 is 0 Å². The lowest BCUT2D eigenvalue weighted by Gasteiger charge is -2.12. The van der Waals surface area contributed by atoms with Crippen LogP contribution in [0, 0.1) is 0 Å². The Morgan fingerprint density at radius 1 is 1.20 bits per heavy atom. The van der Waals surface area contributed by atoms with Gasteiger partial charge in [0.05, 0.1) is 19.8 Å². The van der Waals surface area contributed by atoms with Crippen LogP contribution in [0.4, 0.5) is 0 Å². The molecule has 0 fully saturated rings. The van der Waals surface area contributed by atoms with E-state index in [0.717, 1.165) is 6.42 Å². The van der Waals surface area contributed by atoms with Gasteiger partial charge in [-0.3, -0.25) is 4.79 Å². The molecular formula is C16H25NO3. The topological polar surface area (TPSA) is 47.6 Å². The number of amides is 1. The molecule has 0 radical (unpaired) electrons. The summed E-state index contributed by atoms with van der Waals surface area (Å²) < 4.78 is 10.1. The van der Waals surface area contributed by atoms with Gasteiger partial charge in [0, 0.05) is 20.1 Å². The maximum absolute atomic E-state index is 11.6. The summed E-state index contributed by atoms with van der Waals surface area (Å²) in [5.41, 5.74) is 1.31. The number of carbonyl (C=O) groups excluding carboxylic acids is 1. The van der Waals surface area contributed by atoms with E-state index >= 15 is 0 Å². The number of carbonyl (C=O) groups is 1. The summed E-state index contributed by atoms with van der Waals surface area (Å²) in [6, 6.07) is 10.3. The number of methoxy groups -OCH3 is 1. The first kappa shape index (κ1) is 16.7. The lowest BCUT2D eigenvalue weighted by molar-refractivity contribution is -0.122. The SMILES string of the molecule is COCCOCCC(=O)NCC[C@@H](C)c1ccccc1. The number of hydrogen-bond donors (Lipinski definition) is 1. The fraction of sp³-hybridized carbons (Fsp3) is 0.562. The molecule has 4 nitrogen and oxygen atoms in total. The lowest BCUT2D eigenvalue weighted by atomic mass is 9.98. The average molecular weight is 279 g/mol. The van der Waals surface area contributed by atoms with E-state index in [1.54, 1.807) is 7.11 Å². The van der Waals surface area contributed by atoms with Crippen molar-refractivity contribution in [1.29, 1.82) is 0 Å². The molecule has 20 heavy (non-hydrogen) atoms. The van der Waals surface area contributed by atoms with Gasteiger partial charge in [0.2, 0.25) is 5.91 Å². The monoisotopic (exact) mass is 279 g/mol. The van der Waals surface area contributed by atoms with E-state index in [0.29, 0.717) is 38.7 Å². The first-order valence-corrected chi connectivity index (χ1v) is 7.12. The van der Waals surface area contributed by atoms with Crippen molar-refractivity contribution in [3.05, 3.63) is 35.9 Å². The molecule has 1 aromatic rings. The van der Waals surface area contributed by atoms with Gasteiger partial charge in [0.25, 0.3) is 0 Å². The van der Waals surface area contributed by atoms with Crippen LogP contribution in [0.2, 0.25) is 0 Å². The summed E-state index contributed by atoms with van der Waals surface area (Å²) in [5.74, 6) is 0.497. The molecule has 1 N–H and O–H groups in total. The van der Waals surface area contributed by atoms with Crippen molar-refractivity contribution in [3.8, 4) is 0 Å². The molecule has 0 saturated carbocycles. The molecule has 0 aromatic heterocycles. The van der Waals surface area contributed by atoms with Gasteiger partial charge in [-0.15, -0.1) is 0 Å². The third-order valence-electron chi connectivity index (χ3n) is 3.17. The molecule has 0 aliphatic heterocycles. The zero-order valence-electron chi connectivity index (χ0n) is 12.4. The van der Waals surface area contributed by atoms with E-state index in [2.05, 4.69) is 24.4 Å². The number of hydrogen-bond acceptors (Lipinski definition) is 3. The highest BCUT2D eigenvalue weighted by molar-refractivity contribution is 5.75. The van der Waals surface area contributed by atoms with Gasteiger partial charge in [-0.1, -0.05) is 37.3 Å². The molecule has 0 saturated heterocycles. The molecule has 0 aliphatic carbocycles. The second-order valence-electron chi connectivity index (χ2n) is 4.81. The minimum absolute atomic E-state index is 0.0441. The van der Waals surface area contributed by atoms with E-state index in [4.69, 9.17) is 9.47 Å². The van der Waals surface area contributed by atoms with Gasteiger partial charge >= 0.3 is 0 Å². The second kappa shape index (κ2) is 10.4. The van der Waals surface area contributed by atoms with Crippen molar-refractivity contribution < 1.29 is 14.3 Å². The predicted octanol–water partition coefficient (Wildman–Crippen LogP) is 2.35. The standard InChI is InChI=1S/C16H25NO3/c1-14(15-6-4-3-5-7-15)8-10-17-16(18)9-11-20-13-12-19-2/h3-7,14H,8-13H2,1-2H3,(H,17,18)/t14-/m1/s1. The van der Waals surface area contributed by atoms with E-state index in [1.165, 1.54) is 5.56 Å². The van der Waals surface area contributed by atoms with Crippen LogP contribution in [-0.2, 0) is 14.3 Å². The van der Waals surface area contributed by atoms with Crippen LogP contribution in [0.15, 0.2) is 30.3 Å². The van der Waals surface area contributed by atoms with Crippen molar-refractivity contribution in [3.63, 3.8) is 0 Å². The number of nitrogens with one attached hydrogen (secondary N) is 1. The van der Waals surface area contributed by atoms with Crippen LogP contribution in [-0.4, -0.2) is 39.4 Å². The van der Waals surface area contributed by atoms with Crippen LogP contribution in [0.3, 0.4) is 0 Å². The van der Waals surface area contributed by atoms with Crippen molar-refractivity contribution in [2.45, 2.75) is 25.7 Å². The summed E-state index contributed by atoms with van der Waals surface area (Å²) in [6.45, 7) is 4.43. The number of ether oxygens (including phenoxy) is 2. The van der Waals surface area contributed by atoms with Gasteiger partial charge < -0.3 is 14.8 Å². The van der Waals surface area contributed by atoms with Gasteiger partial charge in [-0.25, -0.2) is 0 Å². The Labute approximate surface area is 121 Å². The third-order valence-corrected chi connectivity index (χ3v) is 3.17. The van der Waals surface area contributed by atoms with E-state index < -0.39 is 0 Å². The normalized spacial score (nSPS) is 12.1. The number of benzene rings is 1. The Hall–Kier alpha value is -1.39. The molecule has 0 aliphatic rings. The predicted molar refractivity (Wildman–Crippen MR) is 79.8 cm³/mol. The molecule has 4 heteroatoms. The highest BCUT2D eigenvalue weighted by Crippen LogP contribution is 2.17. The average Bonchev–Trinajstić information content (AvgIpc) is 2.48. The van der Waals surface area contributed by atoms with Crippen molar-refractivity contribution in [2.24, 2.45) is 0 Å². The Morgan fingerprint density at radius 2 is 1.95 bits per heavy atom. The Bertz CT molecular complexity index is 367. The van der Waals surface area contributed by atoms with Crippen LogP contribution in [0.25, 0.3) is 0 Å². The molecule has 1 amide bonds. The molecule has 0 unspecified atom stereocenters. The van der Waals surface area contributed by atoms with Crippen LogP contribution < -0.4 is 5.32 Å². The molecule has 112 valence electrons. The highest BCUT2D eigenvalue weighted by atomic mass is 16.5. The summed E-state index contributed by atoms with van der Waals surface area (Å²) >= 11 is 0. The van der Waals surface area contributed by atoms with Crippen molar-refractivity contribution in [1.82, 2.24) is 5.32 Å². The Morgan fingerprint density at radius 3 is 2.65 bits per heavy atom. The molecule has 1 aromatic carbocycles. The zero-order valence-corrected chi connectivity index (χ0v) is 12.4. The second-order valence-corrected chi connectivity index (χ2v) is 4.81. The minimum atomic E-state index is 0.0441. The fourth-order valence-corrected chi connectivity index (χ4v) is 1.87. The van der Waals surface area contributed by atoms with Crippen LogP contribution in [0.1, 0.15) is 31.2 Å². The Balaban J connectivity index is 2.07. The maximum Gasteiger partial charge on any atom is 0.222 e. The summed E-state index contributed by atoms with van der Waals surface area (Å²) in [6.07, 6.45) is 1.35. The zero-order chi connectivity index (χ0) is 14.6. The van der Waals surface area contributed by atoms with Gasteiger partial charge in [-0.2, -0.15) is 0 Å². The molecular weight excluding hydrogens is 254 g/mol. The fourth-order valence-electron chi connectivity index (χ4n) is 1.87. The molecule has 0 heterocycles. The van der Waals surface area contributed by atoms with E-state index in [1.807, 2.05) is 18.2 Å². The minimum Gasteiger partial charge on any atom is -0.382 e. The van der Waals surface area contributed by atoms with Gasteiger partial charge in [0.1, 0.15) is 0 Å². The molecule has 1 atom stereocenters. The third kappa shape index (κ3) is 7.26. The summed E-state index contributed by atoms with van der Waals surface area (Å²) in [5, 5.41) is 2.92. The van der Waals surface area contributed by atoms with Crippen molar-refractivity contribution >= 4 is 5.91 Å². The molecule has 0 bridgehead atoms. The van der Waals surface area contributed by atoms with Crippen molar-refractivity contribution in [2.75, 3.05) is 33.5 Å². The van der Waals surface area contributed by atoms with E-state index in [-0.39, 0.29) is 5.91 Å². The lowest BCUT2D eigenvalue weighted by Crippen LogP contribution is -2.26. The largest absolute Gasteiger partial charge is 0.382 e. The smallest absolute Gasteiger partial charge is 0.222 e. The van der Waals surface area contributed by atoms with Gasteiger partial charge in [0.15, 0.2) is 0 Å². The first-order chi connectivity index (χ1) is 9.74. The highest BCUT2D eigenvalue weighted by Gasteiger charge is 2.06. The van der Waals surface area contributed by atoms with Gasteiger partial charge in [-0.05, 0) is 17.9 Å². The molecule has 1 rings (SSSR count). The molecule has 0 spiro atoms. The maximum atomic E-state index is 11.6. The van der Waals surface area contributed by atoms with Crippen LogP contribution in [0.5, 0.6) is 0 Å². The summed E-state index contributed by atoms with van der Waals surface area (Å²) in [7, 11) is 1.63. The first-order valence-electron chi connectivity index (χ1n) is 7.12. The van der Waals surface area contributed by atoms with E-state index in [9.17, 15) is 4.79 Å². The quantitative estimate of drug-likeness (QED) is 0.669. The Kier molecular flexibility index (Phi) is 8.67. The summed E-state index contributed by atoms with van der Waals surface area (Å²) in [4.78, 5) is 11.6. The number of rotatable bonds is 10.